The van der Waals surface area contributed by atoms with Gasteiger partial charge in [0.2, 0.25) is 0 Å². The van der Waals surface area contributed by atoms with Crippen LogP contribution in [-0.2, 0) is 8.85 Å². The lowest BCUT2D eigenvalue weighted by atomic mass is 10.2. The van der Waals surface area contributed by atoms with Gasteiger partial charge in [-0.3, -0.25) is 0 Å². The fourth-order valence-corrected chi connectivity index (χ4v) is 3.19. The summed E-state index contributed by atoms with van der Waals surface area (Å²) in [5, 5.41) is 0. The highest BCUT2D eigenvalue weighted by Crippen LogP contribution is 2.07. The van der Waals surface area contributed by atoms with Crippen molar-refractivity contribution in [2.75, 3.05) is 19.8 Å². The summed E-state index contributed by atoms with van der Waals surface area (Å²) in [6.07, 6.45) is 4.89. The molecule has 0 unspecified atom stereocenters. The highest BCUT2D eigenvalue weighted by Gasteiger charge is 2.10. The molecular weight excluding hydrogens is 194 g/mol. The van der Waals surface area contributed by atoms with Crippen molar-refractivity contribution in [2.24, 2.45) is 5.73 Å². The van der Waals surface area contributed by atoms with E-state index in [9.17, 15) is 0 Å². The molecule has 0 aliphatic rings. The maximum Gasteiger partial charge on any atom is 0.321 e. The first-order valence-corrected chi connectivity index (χ1v) is 7.54. The molecule has 0 aromatic carbocycles. The van der Waals surface area contributed by atoms with Gasteiger partial charge in [0.05, 0.1) is 0 Å². The van der Waals surface area contributed by atoms with Crippen LogP contribution in [0.4, 0.5) is 0 Å². The second-order valence-corrected chi connectivity index (χ2v) is 5.43. The van der Waals surface area contributed by atoms with Crippen LogP contribution < -0.4 is 5.73 Å². The Morgan fingerprint density at radius 3 is 2.00 bits per heavy atom. The van der Waals surface area contributed by atoms with E-state index in [4.69, 9.17) is 14.6 Å². The summed E-state index contributed by atoms with van der Waals surface area (Å²) in [5.74, 6) is 0. The molecular formula is C10H25NO2Si. The Morgan fingerprint density at radius 1 is 0.929 bits per heavy atom. The van der Waals surface area contributed by atoms with Gasteiger partial charge < -0.3 is 14.6 Å². The molecule has 0 heterocycles. The summed E-state index contributed by atoms with van der Waals surface area (Å²) in [4.78, 5) is 0. The van der Waals surface area contributed by atoms with E-state index in [1.807, 2.05) is 13.8 Å². The molecule has 0 fully saturated rings. The lowest BCUT2D eigenvalue weighted by molar-refractivity contribution is 0.212. The molecule has 0 saturated heterocycles. The minimum atomic E-state index is -1.32. The second-order valence-electron chi connectivity index (χ2n) is 3.33. The van der Waals surface area contributed by atoms with Gasteiger partial charge in [0.1, 0.15) is 0 Å². The molecule has 0 bridgehead atoms. The van der Waals surface area contributed by atoms with Gasteiger partial charge in [0, 0.05) is 13.2 Å². The van der Waals surface area contributed by atoms with Gasteiger partial charge in [-0.25, -0.2) is 0 Å². The van der Waals surface area contributed by atoms with E-state index in [-0.39, 0.29) is 0 Å². The zero-order valence-corrected chi connectivity index (χ0v) is 10.8. The fourth-order valence-electron chi connectivity index (χ4n) is 1.40. The van der Waals surface area contributed by atoms with Crippen molar-refractivity contribution in [3.8, 4) is 0 Å². The summed E-state index contributed by atoms with van der Waals surface area (Å²) in [5.41, 5.74) is 5.43. The highest BCUT2D eigenvalue weighted by molar-refractivity contribution is 6.44. The van der Waals surface area contributed by atoms with E-state index in [2.05, 4.69) is 0 Å². The van der Waals surface area contributed by atoms with Crippen molar-refractivity contribution in [3.63, 3.8) is 0 Å². The first-order valence-electron chi connectivity index (χ1n) is 5.78. The van der Waals surface area contributed by atoms with Crippen LogP contribution in [-0.4, -0.2) is 29.0 Å². The Hall–Kier alpha value is 0.0969. The Bertz CT molecular complexity index is 108. The standard InChI is InChI=1S/C10H25NO2Si/c1-3-12-14(13-4-2)10-8-6-5-7-9-11/h14H,3-11H2,1-2H3. The third-order valence-electron chi connectivity index (χ3n) is 2.10. The van der Waals surface area contributed by atoms with Crippen LogP contribution in [0.15, 0.2) is 0 Å². The maximum absolute atomic E-state index is 5.58. The molecule has 0 radical (unpaired) electrons. The normalized spacial score (nSPS) is 11.1. The van der Waals surface area contributed by atoms with Crippen molar-refractivity contribution < 1.29 is 8.85 Å². The Labute approximate surface area is 89.8 Å². The molecule has 0 aliphatic carbocycles. The van der Waals surface area contributed by atoms with E-state index in [1.165, 1.54) is 19.3 Å². The Kier molecular flexibility index (Phi) is 11.3. The molecule has 0 saturated carbocycles. The van der Waals surface area contributed by atoms with Gasteiger partial charge in [0.15, 0.2) is 0 Å². The molecule has 0 aliphatic heterocycles. The van der Waals surface area contributed by atoms with E-state index >= 15 is 0 Å². The van der Waals surface area contributed by atoms with Crippen molar-refractivity contribution in [3.05, 3.63) is 0 Å². The van der Waals surface area contributed by atoms with Crippen molar-refractivity contribution in [1.29, 1.82) is 0 Å². The number of hydrogen-bond acceptors (Lipinski definition) is 3. The molecule has 0 rings (SSSR count). The number of nitrogens with two attached hydrogens (primary N) is 1. The molecule has 0 aromatic heterocycles. The molecule has 3 nitrogen and oxygen atoms in total. The molecule has 2 N–H and O–H groups in total. The van der Waals surface area contributed by atoms with Gasteiger partial charge in [-0.15, -0.1) is 0 Å². The third-order valence-corrected chi connectivity index (χ3v) is 4.39. The summed E-state index contributed by atoms with van der Waals surface area (Å²) < 4.78 is 11.2. The van der Waals surface area contributed by atoms with Gasteiger partial charge in [-0.1, -0.05) is 19.3 Å². The lowest BCUT2D eigenvalue weighted by Crippen LogP contribution is -2.22. The molecule has 4 heteroatoms. The van der Waals surface area contributed by atoms with Crippen molar-refractivity contribution in [1.82, 2.24) is 0 Å². The van der Waals surface area contributed by atoms with Gasteiger partial charge in [-0.05, 0) is 32.9 Å². The van der Waals surface area contributed by atoms with E-state index in [1.54, 1.807) is 0 Å². The number of rotatable bonds is 10. The highest BCUT2D eigenvalue weighted by atomic mass is 28.3. The van der Waals surface area contributed by atoms with E-state index < -0.39 is 9.28 Å². The second kappa shape index (κ2) is 11.2. The van der Waals surface area contributed by atoms with E-state index in [0.29, 0.717) is 0 Å². The smallest absolute Gasteiger partial charge is 0.321 e. The molecule has 0 amide bonds. The van der Waals surface area contributed by atoms with Crippen LogP contribution in [0.5, 0.6) is 0 Å². The summed E-state index contributed by atoms with van der Waals surface area (Å²) in [6.45, 7) is 6.47. The first-order chi connectivity index (χ1) is 6.85. The molecule has 0 atom stereocenters. The van der Waals surface area contributed by atoms with Crippen LogP contribution in [0.25, 0.3) is 0 Å². The SMILES string of the molecule is CCO[SiH](CCCCCCN)OCC. The Morgan fingerprint density at radius 2 is 1.50 bits per heavy atom. The minimum absolute atomic E-state index is 0.791. The average Bonchev–Trinajstić information content (AvgIpc) is 2.18. The maximum atomic E-state index is 5.58. The minimum Gasteiger partial charge on any atom is -0.397 e. The molecule has 0 aromatic rings. The van der Waals surface area contributed by atoms with Crippen molar-refractivity contribution in [2.45, 2.75) is 45.6 Å². The molecule has 86 valence electrons. The average molecular weight is 219 g/mol. The lowest BCUT2D eigenvalue weighted by Gasteiger charge is -2.14. The fraction of sp³-hybridized carbons (Fsp3) is 1.00. The van der Waals surface area contributed by atoms with Gasteiger partial charge in [-0.2, -0.15) is 0 Å². The first kappa shape index (κ1) is 14.1. The van der Waals surface area contributed by atoms with E-state index in [0.717, 1.165) is 32.2 Å². The van der Waals surface area contributed by atoms with Crippen molar-refractivity contribution >= 4 is 9.28 Å². The molecule has 0 spiro atoms. The van der Waals surface area contributed by atoms with Crippen LogP contribution in [0, 0.1) is 0 Å². The topological polar surface area (TPSA) is 44.5 Å². The number of unbranched alkanes of at least 4 members (excludes halogenated alkanes) is 3. The zero-order chi connectivity index (χ0) is 10.6. The largest absolute Gasteiger partial charge is 0.397 e. The summed E-state index contributed by atoms with van der Waals surface area (Å²) >= 11 is 0. The van der Waals surface area contributed by atoms with Crippen LogP contribution >= 0.6 is 0 Å². The third kappa shape index (κ3) is 8.68. The van der Waals surface area contributed by atoms with Gasteiger partial charge >= 0.3 is 9.28 Å². The van der Waals surface area contributed by atoms with Crippen LogP contribution in [0.1, 0.15) is 39.5 Å². The quantitative estimate of drug-likeness (QED) is 0.450. The zero-order valence-electron chi connectivity index (χ0n) is 9.63. The van der Waals surface area contributed by atoms with Crippen LogP contribution in [0.3, 0.4) is 0 Å². The molecule has 14 heavy (non-hydrogen) atoms. The monoisotopic (exact) mass is 219 g/mol. The number of hydrogen-bond donors (Lipinski definition) is 1. The predicted molar refractivity (Wildman–Crippen MR) is 62.7 cm³/mol. The predicted octanol–water partition coefficient (Wildman–Crippen LogP) is 1.80. The Balaban J connectivity index is 3.30. The van der Waals surface area contributed by atoms with Crippen LogP contribution in [0.2, 0.25) is 6.04 Å². The summed E-state index contributed by atoms with van der Waals surface area (Å²) in [7, 11) is -1.32. The van der Waals surface area contributed by atoms with Gasteiger partial charge in [0.25, 0.3) is 0 Å². The summed E-state index contributed by atoms with van der Waals surface area (Å²) in [6, 6.07) is 1.15.